The molecule has 1 atom stereocenters. The molecule has 1 aliphatic rings. The molecule has 1 amide bonds. The molecule has 5 heteroatoms. The number of hydrogen-bond acceptors (Lipinski definition) is 3. The maximum Gasteiger partial charge on any atom is 0.305 e. The summed E-state index contributed by atoms with van der Waals surface area (Å²) in [6, 6.07) is 0. The van der Waals surface area contributed by atoms with Crippen LogP contribution in [0.25, 0.3) is 0 Å². The first kappa shape index (κ1) is 14.0. The Labute approximate surface area is 102 Å². The predicted molar refractivity (Wildman–Crippen MR) is 62.7 cm³/mol. The lowest BCUT2D eigenvalue weighted by Gasteiger charge is -2.26. The van der Waals surface area contributed by atoms with Gasteiger partial charge in [0.25, 0.3) is 0 Å². The number of nitrogens with zero attached hydrogens (tertiary/aromatic N) is 1. The van der Waals surface area contributed by atoms with Gasteiger partial charge >= 0.3 is 5.97 Å². The molecule has 0 aromatic carbocycles. The monoisotopic (exact) mass is 243 g/mol. The number of amides is 1. The number of carbonyl (C=O) groups excluding carboxylic acids is 1. The third-order valence-corrected chi connectivity index (χ3v) is 3.01. The van der Waals surface area contributed by atoms with Crippen molar-refractivity contribution in [3.05, 3.63) is 0 Å². The van der Waals surface area contributed by atoms with Crippen LogP contribution < -0.4 is 0 Å². The van der Waals surface area contributed by atoms with Crippen molar-refractivity contribution in [2.24, 2.45) is 0 Å². The molecule has 0 bridgehead atoms. The smallest absolute Gasteiger partial charge is 0.305 e. The SMILES string of the molecule is CCN(CCC(=O)O)C(=O)CC1CCCCO1. The highest BCUT2D eigenvalue weighted by Gasteiger charge is 2.21. The Morgan fingerprint density at radius 1 is 1.41 bits per heavy atom. The van der Waals surface area contributed by atoms with E-state index in [1.807, 2.05) is 6.92 Å². The molecule has 1 unspecified atom stereocenters. The summed E-state index contributed by atoms with van der Waals surface area (Å²) in [6.07, 6.45) is 3.52. The van der Waals surface area contributed by atoms with Gasteiger partial charge in [-0.3, -0.25) is 9.59 Å². The molecule has 17 heavy (non-hydrogen) atoms. The van der Waals surface area contributed by atoms with Gasteiger partial charge in [-0.2, -0.15) is 0 Å². The van der Waals surface area contributed by atoms with Crippen LogP contribution in [0.1, 0.15) is 39.0 Å². The molecule has 0 aliphatic carbocycles. The largest absolute Gasteiger partial charge is 0.481 e. The fraction of sp³-hybridized carbons (Fsp3) is 0.833. The molecule has 0 aromatic heterocycles. The molecule has 0 radical (unpaired) electrons. The van der Waals surface area contributed by atoms with E-state index in [9.17, 15) is 9.59 Å². The Balaban J connectivity index is 2.34. The van der Waals surface area contributed by atoms with Crippen molar-refractivity contribution >= 4 is 11.9 Å². The van der Waals surface area contributed by atoms with E-state index in [1.165, 1.54) is 0 Å². The highest BCUT2D eigenvalue weighted by Crippen LogP contribution is 2.16. The van der Waals surface area contributed by atoms with Gasteiger partial charge in [0.05, 0.1) is 18.9 Å². The summed E-state index contributed by atoms with van der Waals surface area (Å²) in [5, 5.41) is 8.60. The van der Waals surface area contributed by atoms with Gasteiger partial charge < -0.3 is 14.7 Å². The summed E-state index contributed by atoms with van der Waals surface area (Å²) in [4.78, 5) is 24.0. The van der Waals surface area contributed by atoms with Crippen molar-refractivity contribution in [3.63, 3.8) is 0 Å². The van der Waals surface area contributed by atoms with Gasteiger partial charge in [0, 0.05) is 19.7 Å². The van der Waals surface area contributed by atoms with Gasteiger partial charge in [-0.15, -0.1) is 0 Å². The van der Waals surface area contributed by atoms with E-state index < -0.39 is 5.97 Å². The molecule has 0 aromatic rings. The Morgan fingerprint density at radius 2 is 2.18 bits per heavy atom. The second kappa shape index (κ2) is 7.27. The van der Waals surface area contributed by atoms with E-state index in [1.54, 1.807) is 4.90 Å². The number of carbonyl (C=O) groups is 2. The van der Waals surface area contributed by atoms with Crippen molar-refractivity contribution in [2.45, 2.75) is 45.1 Å². The number of aliphatic carboxylic acids is 1. The lowest BCUT2D eigenvalue weighted by molar-refractivity contribution is -0.139. The normalized spacial score (nSPS) is 19.9. The summed E-state index contributed by atoms with van der Waals surface area (Å²) in [6.45, 7) is 3.44. The van der Waals surface area contributed by atoms with Crippen LogP contribution in [-0.2, 0) is 14.3 Å². The number of hydrogen-bond donors (Lipinski definition) is 1. The average molecular weight is 243 g/mol. The van der Waals surface area contributed by atoms with E-state index in [0.29, 0.717) is 13.0 Å². The van der Waals surface area contributed by atoms with E-state index in [-0.39, 0.29) is 25.0 Å². The fourth-order valence-corrected chi connectivity index (χ4v) is 1.98. The van der Waals surface area contributed by atoms with Crippen LogP contribution in [0.2, 0.25) is 0 Å². The van der Waals surface area contributed by atoms with Crippen LogP contribution in [-0.4, -0.2) is 47.7 Å². The molecular weight excluding hydrogens is 222 g/mol. The second-order valence-electron chi connectivity index (χ2n) is 4.31. The first-order chi connectivity index (χ1) is 8.13. The van der Waals surface area contributed by atoms with Gasteiger partial charge in [0.1, 0.15) is 0 Å². The minimum absolute atomic E-state index is 0.000602. The summed E-state index contributed by atoms with van der Waals surface area (Å²) < 4.78 is 5.51. The molecule has 1 saturated heterocycles. The minimum Gasteiger partial charge on any atom is -0.481 e. The molecule has 0 spiro atoms. The van der Waals surface area contributed by atoms with Crippen molar-refractivity contribution in [1.82, 2.24) is 4.90 Å². The molecule has 1 N–H and O–H groups in total. The summed E-state index contributed by atoms with van der Waals surface area (Å²) in [5.74, 6) is -0.870. The zero-order valence-electron chi connectivity index (χ0n) is 10.4. The number of rotatable bonds is 6. The molecule has 1 rings (SSSR count). The Bertz CT molecular complexity index is 261. The van der Waals surface area contributed by atoms with E-state index in [4.69, 9.17) is 9.84 Å². The van der Waals surface area contributed by atoms with Crippen LogP contribution in [0.3, 0.4) is 0 Å². The molecule has 5 nitrogen and oxygen atoms in total. The highest BCUT2D eigenvalue weighted by molar-refractivity contribution is 5.77. The molecule has 1 aliphatic heterocycles. The third kappa shape index (κ3) is 5.17. The topological polar surface area (TPSA) is 66.8 Å². The minimum atomic E-state index is -0.870. The Hall–Kier alpha value is -1.10. The van der Waals surface area contributed by atoms with Gasteiger partial charge in [-0.1, -0.05) is 0 Å². The fourth-order valence-electron chi connectivity index (χ4n) is 1.98. The van der Waals surface area contributed by atoms with Crippen LogP contribution >= 0.6 is 0 Å². The molecule has 98 valence electrons. The highest BCUT2D eigenvalue weighted by atomic mass is 16.5. The van der Waals surface area contributed by atoms with Crippen molar-refractivity contribution in [3.8, 4) is 0 Å². The average Bonchev–Trinajstić information content (AvgIpc) is 2.30. The maximum absolute atomic E-state index is 11.9. The Kier molecular flexibility index (Phi) is 5.97. The lowest BCUT2D eigenvalue weighted by atomic mass is 10.1. The molecule has 1 fully saturated rings. The van der Waals surface area contributed by atoms with Gasteiger partial charge in [0.2, 0.25) is 5.91 Å². The first-order valence-corrected chi connectivity index (χ1v) is 6.24. The summed E-state index contributed by atoms with van der Waals surface area (Å²) >= 11 is 0. The van der Waals surface area contributed by atoms with E-state index >= 15 is 0 Å². The van der Waals surface area contributed by atoms with Crippen molar-refractivity contribution < 1.29 is 19.4 Å². The van der Waals surface area contributed by atoms with Gasteiger partial charge in [-0.05, 0) is 26.2 Å². The van der Waals surface area contributed by atoms with E-state index in [2.05, 4.69) is 0 Å². The van der Waals surface area contributed by atoms with Crippen LogP contribution in [0.5, 0.6) is 0 Å². The number of ether oxygens (including phenoxy) is 1. The quantitative estimate of drug-likeness (QED) is 0.763. The molecule has 1 heterocycles. The second-order valence-corrected chi connectivity index (χ2v) is 4.31. The van der Waals surface area contributed by atoms with Crippen LogP contribution in [0, 0.1) is 0 Å². The number of carboxylic acids is 1. The predicted octanol–water partition coefficient (Wildman–Crippen LogP) is 1.27. The number of carboxylic acid groups (broad SMARTS) is 1. The maximum atomic E-state index is 11.9. The zero-order chi connectivity index (χ0) is 12.7. The van der Waals surface area contributed by atoms with Crippen LogP contribution in [0.4, 0.5) is 0 Å². The summed E-state index contributed by atoms with van der Waals surface area (Å²) in [7, 11) is 0. The lowest BCUT2D eigenvalue weighted by Crippen LogP contribution is -2.36. The van der Waals surface area contributed by atoms with Crippen molar-refractivity contribution in [2.75, 3.05) is 19.7 Å². The van der Waals surface area contributed by atoms with Crippen LogP contribution in [0.15, 0.2) is 0 Å². The van der Waals surface area contributed by atoms with Gasteiger partial charge in [0.15, 0.2) is 0 Å². The third-order valence-electron chi connectivity index (χ3n) is 3.01. The Morgan fingerprint density at radius 3 is 2.71 bits per heavy atom. The summed E-state index contributed by atoms with van der Waals surface area (Å²) in [5.41, 5.74) is 0. The van der Waals surface area contributed by atoms with Crippen molar-refractivity contribution in [1.29, 1.82) is 0 Å². The van der Waals surface area contributed by atoms with Gasteiger partial charge in [-0.25, -0.2) is 0 Å². The first-order valence-electron chi connectivity index (χ1n) is 6.24. The zero-order valence-corrected chi connectivity index (χ0v) is 10.4. The molecule has 0 saturated carbocycles. The molecular formula is C12H21NO4. The standard InChI is InChI=1S/C12H21NO4/c1-2-13(7-6-12(15)16)11(14)9-10-5-3-4-8-17-10/h10H,2-9H2,1H3,(H,15,16). The van der Waals surface area contributed by atoms with E-state index in [0.717, 1.165) is 25.9 Å².